The molecular weight excluding hydrogens is 573 g/mol. The number of hydrogen-bond acceptors (Lipinski definition) is 5. The van der Waals surface area contributed by atoms with Crippen LogP contribution in [0.15, 0.2) is 100 Å². The molecule has 0 aliphatic rings. The Bertz CT molecular complexity index is 1190. The molecule has 0 unspecified atom stereocenters. The number of thiazole rings is 2. The van der Waals surface area contributed by atoms with Crippen molar-refractivity contribution in [2.75, 3.05) is 5.75 Å². The Hall–Kier alpha value is -2.75. The average molecular weight is 605 g/mol. The van der Waals surface area contributed by atoms with E-state index in [0.717, 1.165) is 88.3 Å². The first-order valence-electron chi connectivity index (χ1n) is 13.2. The Balaban J connectivity index is 0.000000220. The molecule has 40 heavy (non-hydrogen) atoms. The fourth-order valence-corrected chi connectivity index (χ4v) is 6.41. The lowest BCUT2D eigenvalue weighted by atomic mass is 10.1. The Morgan fingerprint density at radius 3 is 1.80 bits per heavy atom. The van der Waals surface area contributed by atoms with Gasteiger partial charge in [0.15, 0.2) is 4.34 Å². The summed E-state index contributed by atoms with van der Waals surface area (Å²) in [5.74, 6) is 0.920. The molecule has 0 aliphatic heterocycles. The molecule has 2 heterocycles. The maximum absolute atomic E-state index is 11.8. The van der Waals surface area contributed by atoms with E-state index in [1.54, 1.807) is 34.4 Å². The fourth-order valence-electron chi connectivity index (χ4n) is 3.66. The van der Waals surface area contributed by atoms with Crippen molar-refractivity contribution in [3.05, 3.63) is 101 Å². The molecule has 0 bridgehead atoms. The molecule has 0 spiro atoms. The third-order valence-corrected chi connectivity index (χ3v) is 8.71. The largest absolute Gasteiger partial charge is 0.266 e. The van der Waals surface area contributed by atoms with E-state index in [1.165, 1.54) is 0 Å². The van der Waals surface area contributed by atoms with Crippen LogP contribution in [-0.4, -0.2) is 15.7 Å². The van der Waals surface area contributed by atoms with Gasteiger partial charge in [0.05, 0.1) is 16.4 Å². The zero-order valence-electron chi connectivity index (χ0n) is 22.1. The van der Waals surface area contributed by atoms with E-state index >= 15 is 0 Å². The van der Waals surface area contributed by atoms with Crippen molar-refractivity contribution in [3.8, 4) is 22.5 Å². The number of allylic oxidation sites excluding steroid dienone is 2. The summed E-state index contributed by atoms with van der Waals surface area (Å²) < 4.78 is 48.3. The molecule has 0 amide bonds. The Morgan fingerprint density at radius 1 is 0.650 bits per heavy atom. The standard InChI is InChI=1S/C16H17F2NS.C15H15F2NS2/c17-15(18)10-6-1-2-7-11-16-19-14(12-20-16)13-8-4-3-5-9-13;16-14(17)9-5-2-6-10-19-15-18-13(11-20-15)12-7-3-1-4-8-12/h3-5,8-10,12H,1-2,6-7,11H2;1,3-4,7-9,11H,2,5-6,10H2. The van der Waals surface area contributed by atoms with Crippen LogP contribution >= 0.6 is 34.4 Å². The van der Waals surface area contributed by atoms with Crippen LogP contribution < -0.4 is 0 Å². The summed E-state index contributed by atoms with van der Waals surface area (Å²) >= 11 is 5.00. The molecule has 9 heteroatoms. The highest BCUT2D eigenvalue weighted by molar-refractivity contribution is 8.01. The van der Waals surface area contributed by atoms with Crippen molar-refractivity contribution in [1.82, 2.24) is 9.97 Å². The molecule has 0 saturated heterocycles. The summed E-state index contributed by atoms with van der Waals surface area (Å²) in [7, 11) is 0. The lowest BCUT2D eigenvalue weighted by molar-refractivity contribution is 0.416. The number of halogens is 4. The maximum atomic E-state index is 11.8. The highest BCUT2D eigenvalue weighted by Gasteiger charge is 2.05. The highest BCUT2D eigenvalue weighted by Crippen LogP contribution is 2.29. The molecule has 0 saturated carbocycles. The molecule has 0 radical (unpaired) electrons. The molecule has 2 aromatic heterocycles. The van der Waals surface area contributed by atoms with E-state index in [-0.39, 0.29) is 0 Å². The van der Waals surface area contributed by atoms with Gasteiger partial charge >= 0.3 is 0 Å². The van der Waals surface area contributed by atoms with E-state index in [1.807, 2.05) is 48.5 Å². The predicted octanol–water partition coefficient (Wildman–Crippen LogP) is 11.5. The van der Waals surface area contributed by atoms with Crippen LogP contribution in [0.2, 0.25) is 0 Å². The van der Waals surface area contributed by atoms with Gasteiger partial charge in [-0.15, -0.1) is 22.7 Å². The van der Waals surface area contributed by atoms with Crippen LogP contribution in [0.5, 0.6) is 0 Å². The SMILES string of the molecule is FC(F)=CCCCCCc1nc(-c2ccccc2)cs1.FC(F)=CCCCCSc1nc(-c2ccccc2)cs1. The van der Waals surface area contributed by atoms with Gasteiger partial charge in [-0.1, -0.05) is 78.8 Å². The molecular formula is C31H32F4N2S3. The van der Waals surface area contributed by atoms with Gasteiger partial charge in [-0.25, -0.2) is 9.97 Å². The minimum atomic E-state index is -1.58. The Labute approximate surface area is 245 Å². The van der Waals surface area contributed by atoms with Gasteiger partial charge in [-0.3, -0.25) is 0 Å². The number of thioether (sulfide) groups is 1. The number of aromatic nitrogens is 2. The molecule has 4 aromatic rings. The molecule has 0 atom stereocenters. The van der Waals surface area contributed by atoms with Gasteiger partial charge in [-0.2, -0.15) is 17.6 Å². The van der Waals surface area contributed by atoms with Crippen LogP contribution in [0.3, 0.4) is 0 Å². The first-order chi connectivity index (χ1) is 19.5. The first-order valence-corrected chi connectivity index (χ1v) is 15.9. The van der Waals surface area contributed by atoms with E-state index < -0.39 is 12.2 Å². The van der Waals surface area contributed by atoms with Gasteiger partial charge in [0.25, 0.3) is 12.2 Å². The number of unbranched alkanes of at least 4 members (excludes halogenated alkanes) is 5. The van der Waals surface area contributed by atoms with E-state index in [4.69, 9.17) is 0 Å². The van der Waals surface area contributed by atoms with Crippen LogP contribution in [0.4, 0.5) is 17.6 Å². The Morgan fingerprint density at radius 2 is 1.20 bits per heavy atom. The van der Waals surface area contributed by atoms with Crippen LogP contribution in [-0.2, 0) is 6.42 Å². The van der Waals surface area contributed by atoms with Crippen LogP contribution in [0.1, 0.15) is 50.0 Å². The van der Waals surface area contributed by atoms with E-state index in [0.29, 0.717) is 12.8 Å². The quantitative estimate of drug-likeness (QED) is 0.0813. The normalized spacial score (nSPS) is 10.5. The second-order valence-electron chi connectivity index (χ2n) is 8.79. The number of hydrogen-bond donors (Lipinski definition) is 0. The summed E-state index contributed by atoms with van der Waals surface area (Å²) in [6, 6.07) is 20.2. The van der Waals surface area contributed by atoms with Crippen molar-refractivity contribution >= 4 is 34.4 Å². The number of rotatable bonds is 14. The average Bonchev–Trinajstić information content (AvgIpc) is 3.64. The van der Waals surface area contributed by atoms with Crippen molar-refractivity contribution in [3.63, 3.8) is 0 Å². The fraction of sp³-hybridized carbons (Fsp3) is 0.290. The molecule has 212 valence electrons. The molecule has 0 N–H and O–H groups in total. The third-order valence-electron chi connectivity index (χ3n) is 5.69. The van der Waals surface area contributed by atoms with Crippen molar-refractivity contribution in [1.29, 1.82) is 0 Å². The highest BCUT2D eigenvalue weighted by atomic mass is 32.2. The molecule has 0 aliphatic carbocycles. The third kappa shape index (κ3) is 12.6. The number of nitrogens with zero attached hydrogens (tertiary/aromatic N) is 2. The van der Waals surface area contributed by atoms with Gasteiger partial charge in [0, 0.05) is 27.6 Å². The zero-order valence-corrected chi connectivity index (χ0v) is 24.5. The smallest absolute Gasteiger partial charge is 0.241 e. The number of aryl methyl sites for hydroxylation is 1. The summed E-state index contributed by atoms with van der Waals surface area (Å²) in [6.45, 7) is 0. The topological polar surface area (TPSA) is 25.8 Å². The minimum Gasteiger partial charge on any atom is -0.241 e. The Kier molecular flexibility index (Phi) is 14.8. The summed E-state index contributed by atoms with van der Waals surface area (Å²) in [6.07, 6.45) is 5.18. The molecule has 2 nitrogen and oxygen atoms in total. The molecule has 0 fully saturated rings. The monoisotopic (exact) mass is 604 g/mol. The number of benzene rings is 2. The maximum Gasteiger partial charge on any atom is 0.266 e. The lowest BCUT2D eigenvalue weighted by Crippen LogP contribution is -1.85. The first kappa shape index (κ1) is 31.8. The molecule has 4 rings (SSSR count). The minimum absolute atomic E-state index is 0.454. The van der Waals surface area contributed by atoms with Gasteiger partial charge in [-0.05, 0) is 57.1 Å². The summed E-state index contributed by atoms with van der Waals surface area (Å²) in [5, 5.41) is 5.25. The summed E-state index contributed by atoms with van der Waals surface area (Å²) in [5.41, 5.74) is 4.28. The van der Waals surface area contributed by atoms with Crippen molar-refractivity contribution in [2.45, 2.75) is 55.7 Å². The summed E-state index contributed by atoms with van der Waals surface area (Å²) in [4.78, 5) is 9.19. The van der Waals surface area contributed by atoms with Gasteiger partial charge in [0.2, 0.25) is 0 Å². The van der Waals surface area contributed by atoms with Crippen LogP contribution in [0, 0.1) is 0 Å². The van der Waals surface area contributed by atoms with Gasteiger partial charge < -0.3 is 0 Å². The molecule has 2 aromatic carbocycles. The van der Waals surface area contributed by atoms with E-state index in [2.05, 4.69) is 32.9 Å². The van der Waals surface area contributed by atoms with Gasteiger partial charge in [0.1, 0.15) is 0 Å². The van der Waals surface area contributed by atoms with Crippen LogP contribution in [0.25, 0.3) is 22.5 Å². The second kappa shape index (κ2) is 18.6. The van der Waals surface area contributed by atoms with E-state index in [9.17, 15) is 17.6 Å². The lowest BCUT2D eigenvalue weighted by Gasteiger charge is -1.97. The zero-order chi connectivity index (χ0) is 28.4. The second-order valence-corrected chi connectivity index (χ2v) is 11.9. The predicted molar refractivity (Wildman–Crippen MR) is 162 cm³/mol. The van der Waals surface area contributed by atoms with Crippen molar-refractivity contribution in [2.24, 2.45) is 0 Å². The van der Waals surface area contributed by atoms with Crippen molar-refractivity contribution < 1.29 is 17.6 Å².